The largest absolute Gasteiger partial charge is 0.469 e. The maximum Gasteiger partial charge on any atom is 0.191 e. The summed E-state index contributed by atoms with van der Waals surface area (Å²) in [5, 5.41) is 6.63. The van der Waals surface area contributed by atoms with Crippen LogP contribution in [0.4, 0.5) is 0 Å². The van der Waals surface area contributed by atoms with Crippen LogP contribution in [0.15, 0.2) is 40.5 Å². The van der Waals surface area contributed by atoms with Gasteiger partial charge in [0.2, 0.25) is 0 Å². The van der Waals surface area contributed by atoms with Crippen LogP contribution in [-0.2, 0) is 6.42 Å². The van der Waals surface area contributed by atoms with Crippen molar-refractivity contribution in [3.63, 3.8) is 0 Å². The molecule has 2 N–H and O–H groups in total. The molecule has 1 aromatic rings. The molecule has 2 rings (SSSR count). The second kappa shape index (κ2) is 10.9. The summed E-state index contributed by atoms with van der Waals surface area (Å²) in [4.78, 5) is 7.28. The molecule has 0 bridgehead atoms. The second-order valence-electron chi connectivity index (χ2n) is 6.39. The number of furan rings is 1. The molecule has 0 spiro atoms. The topological polar surface area (TPSA) is 52.8 Å². The predicted molar refractivity (Wildman–Crippen MR) is 100 cm³/mol. The molecule has 2 heterocycles. The first-order chi connectivity index (χ1) is 11.8. The average molecular weight is 332 g/mol. The molecule has 0 aromatic carbocycles. The lowest BCUT2D eigenvalue weighted by Gasteiger charge is -2.33. The Balaban J connectivity index is 1.69. The van der Waals surface area contributed by atoms with Crippen LogP contribution in [0.3, 0.4) is 0 Å². The SMILES string of the molecule is C=CCNC(=NCCCN1CCCCC1C)NCCc1ccco1. The minimum atomic E-state index is 0.718. The molecule has 1 aromatic heterocycles. The van der Waals surface area contributed by atoms with Crippen LogP contribution in [0.1, 0.15) is 38.4 Å². The number of likely N-dealkylation sites (tertiary alicyclic amines) is 1. The fourth-order valence-electron chi connectivity index (χ4n) is 3.06. The Hall–Kier alpha value is -1.75. The lowest BCUT2D eigenvalue weighted by molar-refractivity contribution is 0.160. The Morgan fingerprint density at radius 3 is 3.12 bits per heavy atom. The van der Waals surface area contributed by atoms with Crippen molar-refractivity contribution in [2.45, 2.75) is 45.1 Å². The summed E-state index contributed by atoms with van der Waals surface area (Å²) < 4.78 is 5.35. The maximum absolute atomic E-state index is 5.35. The van der Waals surface area contributed by atoms with Crippen molar-refractivity contribution in [1.82, 2.24) is 15.5 Å². The minimum Gasteiger partial charge on any atom is -0.469 e. The summed E-state index contributed by atoms with van der Waals surface area (Å²) in [6.45, 7) is 10.9. The van der Waals surface area contributed by atoms with Crippen LogP contribution in [0.25, 0.3) is 0 Å². The van der Waals surface area contributed by atoms with Gasteiger partial charge in [-0.1, -0.05) is 12.5 Å². The molecule has 1 aliphatic rings. The van der Waals surface area contributed by atoms with Gasteiger partial charge in [-0.2, -0.15) is 0 Å². The number of aliphatic imine (C=N–C) groups is 1. The highest BCUT2D eigenvalue weighted by molar-refractivity contribution is 5.79. The summed E-state index contributed by atoms with van der Waals surface area (Å²) >= 11 is 0. The molecule has 5 nitrogen and oxygen atoms in total. The summed E-state index contributed by atoms with van der Waals surface area (Å²) in [6, 6.07) is 4.64. The van der Waals surface area contributed by atoms with Crippen LogP contribution >= 0.6 is 0 Å². The molecular weight excluding hydrogens is 300 g/mol. The molecule has 1 unspecified atom stereocenters. The van der Waals surface area contributed by atoms with Crippen molar-refractivity contribution >= 4 is 5.96 Å². The molecule has 0 aliphatic carbocycles. The van der Waals surface area contributed by atoms with Crippen molar-refractivity contribution in [2.24, 2.45) is 4.99 Å². The number of hydrogen-bond acceptors (Lipinski definition) is 3. The predicted octanol–water partition coefficient (Wildman–Crippen LogP) is 2.81. The first kappa shape index (κ1) is 18.6. The quantitative estimate of drug-likeness (QED) is 0.316. The standard InChI is InChI=1S/C19H32N4O/c1-3-11-20-19(22-13-10-18-9-6-16-24-18)21-12-7-15-23-14-5-4-8-17(23)2/h3,6,9,16-17H,1,4-5,7-8,10-15H2,2H3,(H2,20,21,22). The van der Waals surface area contributed by atoms with Gasteiger partial charge in [-0.15, -0.1) is 6.58 Å². The second-order valence-corrected chi connectivity index (χ2v) is 6.39. The van der Waals surface area contributed by atoms with E-state index in [0.29, 0.717) is 0 Å². The van der Waals surface area contributed by atoms with Gasteiger partial charge in [-0.25, -0.2) is 0 Å². The van der Waals surface area contributed by atoms with Crippen molar-refractivity contribution in [1.29, 1.82) is 0 Å². The molecule has 0 saturated carbocycles. The summed E-state index contributed by atoms with van der Waals surface area (Å²) in [5.41, 5.74) is 0. The number of rotatable bonds is 9. The average Bonchev–Trinajstić information content (AvgIpc) is 3.10. The number of guanidine groups is 1. The van der Waals surface area contributed by atoms with Gasteiger partial charge < -0.3 is 20.0 Å². The van der Waals surface area contributed by atoms with E-state index in [1.807, 2.05) is 18.2 Å². The summed E-state index contributed by atoms with van der Waals surface area (Å²) in [6.07, 6.45) is 9.57. The molecule has 1 saturated heterocycles. The molecule has 1 fully saturated rings. The first-order valence-electron chi connectivity index (χ1n) is 9.19. The first-order valence-corrected chi connectivity index (χ1v) is 9.19. The van der Waals surface area contributed by atoms with Crippen LogP contribution in [0.2, 0.25) is 0 Å². The Morgan fingerprint density at radius 2 is 2.38 bits per heavy atom. The van der Waals surface area contributed by atoms with E-state index in [9.17, 15) is 0 Å². The van der Waals surface area contributed by atoms with E-state index in [1.54, 1.807) is 6.26 Å². The molecule has 134 valence electrons. The maximum atomic E-state index is 5.35. The molecular formula is C19H32N4O. The van der Waals surface area contributed by atoms with Crippen molar-refractivity contribution < 1.29 is 4.42 Å². The number of hydrogen-bond donors (Lipinski definition) is 2. The number of nitrogens with zero attached hydrogens (tertiary/aromatic N) is 2. The fourth-order valence-corrected chi connectivity index (χ4v) is 3.06. The molecule has 0 amide bonds. The van der Waals surface area contributed by atoms with Gasteiger partial charge in [0.25, 0.3) is 0 Å². The van der Waals surface area contributed by atoms with E-state index >= 15 is 0 Å². The number of piperidine rings is 1. The lowest BCUT2D eigenvalue weighted by Crippen LogP contribution is -2.39. The smallest absolute Gasteiger partial charge is 0.191 e. The monoisotopic (exact) mass is 332 g/mol. The third-order valence-corrected chi connectivity index (χ3v) is 4.47. The Labute approximate surface area is 146 Å². The zero-order chi connectivity index (χ0) is 17.0. The highest BCUT2D eigenvalue weighted by atomic mass is 16.3. The van der Waals surface area contributed by atoms with Gasteiger partial charge in [0, 0.05) is 38.6 Å². The van der Waals surface area contributed by atoms with Crippen LogP contribution < -0.4 is 10.6 Å². The van der Waals surface area contributed by atoms with Crippen molar-refractivity contribution in [3.8, 4) is 0 Å². The van der Waals surface area contributed by atoms with Gasteiger partial charge in [0.1, 0.15) is 5.76 Å². The van der Waals surface area contributed by atoms with E-state index in [0.717, 1.165) is 56.8 Å². The zero-order valence-electron chi connectivity index (χ0n) is 15.0. The third-order valence-electron chi connectivity index (χ3n) is 4.47. The van der Waals surface area contributed by atoms with E-state index in [2.05, 4.69) is 34.0 Å². The van der Waals surface area contributed by atoms with Crippen molar-refractivity contribution in [3.05, 3.63) is 36.8 Å². The molecule has 1 atom stereocenters. The Kier molecular flexibility index (Phi) is 8.46. The Bertz CT molecular complexity index is 484. The van der Waals surface area contributed by atoms with Gasteiger partial charge >= 0.3 is 0 Å². The van der Waals surface area contributed by atoms with Crippen molar-refractivity contribution in [2.75, 3.05) is 32.7 Å². The summed E-state index contributed by atoms with van der Waals surface area (Å²) in [5.74, 6) is 1.85. The third kappa shape index (κ3) is 6.79. The molecule has 5 heteroatoms. The lowest BCUT2D eigenvalue weighted by atomic mass is 10.0. The van der Waals surface area contributed by atoms with E-state index in [1.165, 1.54) is 25.8 Å². The number of nitrogens with one attached hydrogen (secondary N) is 2. The van der Waals surface area contributed by atoms with Crippen LogP contribution in [0, 0.1) is 0 Å². The Morgan fingerprint density at radius 1 is 1.46 bits per heavy atom. The van der Waals surface area contributed by atoms with Gasteiger partial charge in [-0.05, 0) is 44.9 Å². The highest BCUT2D eigenvalue weighted by Gasteiger charge is 2.16. The van der Waals surface area contributed by atoms with E-state index in [-0.39, 0.29) is 0 Å². The molecule has 1 aliphatic heterocycles. The van der Waals surface area contributed by atoms with Gasteiger partial charge in [0.05, 0.1) is 6.26 Å². The van der Waals surface area contributed by atoms with E-state index < -0.39 is 0 Å². The minimum absolute atomic E-state index is 0.718. The van der Waals surface area contributed by atoms with Gasteiger partial charge in [-0.3, -0.25) is 4.99 Å². The molecule has 0 radical (unpaired) electrons. The normalized spacial score (nSPS) is 19.2. The highest BCUT2D eigenvalue weighted by Crippen LogP contribution is 2.16. The van der Waals surface area contributed by atoms with Gasteiger partial charge in [0.15, 0.2) is 5.96 Å². The van der Waals surface area contributed by atoms with E-state index in [4.69, 9.17) is 4.42 Å². The zero-order valence-corrected chi connectivity index (χ0v) is 15.0. The van der Waals surface area contributed by atoms with Crippen LogP contribution in [-0.4, -0.2) is 49.6 Å². The molecule has 24 heavy (non-hydrogen) atoms. The van der Waals surface area contributed by atoms with Crippen LogP contribution in [0.5, 0.6) is 0 Å². The fraction of sp³-hybridized carbons (Fsp3) is 0.632. The summed E-state index contributed by atoms with van der Waals surface area (Å²) in [7, 11) is 0.